The van der Waals surface area contributed by atoms with Crippen molar-refractivity contribution in [2.75, 3.05) is 13.1 Å². The van der Waals surface area contributed by atoms with Crippen molar-refractivity contribution in [2.24, 2.45) is 23.3 Å². The molecule has 2 aliphatic rings. The Morgan fingerprint density at radius 3 is 1.57 bits per heavy atom. The molecular weight excluding hydrogens is 406 g/mol. The first-order chi connectivity index (χ1) is 5.36. The molecule has 2 saturated heterocycles. The van der Waals surface area contributed by atoms with Crippen molar-refractivity contribution >= 4 is 0 Å². The molecule has 6 heteroatoms. The summed E-state index contributed by atoms with van der Waals surface area (Å²) in [6, 6.07) is 0. The second-order valence-electron chi connectivity index (χ2n) is 3.59. The van der Waals surface area contributed by atoms with Crippen LogP contribution in [0.15, 0.2) is 0 Å². The third-order valence-electron chi connectivity index (χ3n) is 3.13. The summed E-state index contributed by atoms with van der Waals surface area (Å²) >= 11 is 0. The van der Waals surface area contributed by atoms with Crippen molar-refractivity contribution in [3.63, 3.8) is 0 Å². The van der Waals surface area contributed by atoms with E-state index >= 15 is 0 Å². The quantitative estimate of drug-likeness (QED) is 0.466. The van der Waals surface area contributed by atoms with Gasteiger partial charge in [0, 0.05) is 11.8 Å². The summed E-state index contributed by atoms with van der Waals surface area (Å²) in [6.45, 7) is 1.48. The van der Waals surface area contributed by atoms with Crippen LogP contribution in [0.1, 0.15) is 12.8 Å². The summed E-state index contributed by atoms with van der Waals surface area (Å²) in [5, 5.41) is 0. The Kier molecular flexibility index (Phi) is 9.30. The molecule has 0 radical (unpaired) electrons. The first-order valence-electron chi connectivity index (χ1n) is 4.42. The molecule has 4 unspecified atom stereocenters. The van der Waals surface area contributed by atoms with E-state index in [1.807, 2.05) is 0 Å². The maximum Gasteiger partial charge on any atom is 2.00 e. The van der Waals surface area contributed by atoms with Crippen LogP contribution in [0, 0.1) is 11.8 Å². The largest absolute Gasteiger partial charge is 2.00 e. The number of nitrogens with two attached hydrogens (primary N) is 2. The Labute approximate surface area is 112 Å². The van der Waals surface area contributed by atoms with Crippen molar-refractivity contribution in [1.29, 1.82) is 0 Å². The molecule has 0 aromatic rings. The molecule has 4 N–H and O–H groups in total. The van der Waals surface area contributed by atoms with E-state index in [0.717, 1.165) is 13.1 Å². The summed E-state index contributed by atoms with van der Waals surface area (Å²) in [5.41, 5.74) is 11.3. The van der Waals surface area contributed by atoms with Gasteiger partial charge in [-0.3, -0.25) is 0 Å². The molecule has 0 aromatic carbocycles. The Balaban J connectivity index is 0. The number of fused-ring (bicyclic) bond motifs is 2. The average Bonchev–Trinajstić information content (AvgIpc) is 2.60. The molecule has 3 nitrogen and oxygen atoms in total. The Morgan fingerprint density at radius 2 is 1.29 bits per heavy atom. The minimum Gasteiger partial charge on any atom is -1.00 e. The molecule has 2 bridgehead atoms. The summed E-state index contributed by atoms with van der Waals surface area (Å²) in [5.74, 6) is 1.08. The molecule has 4 atom stereocenters. The summed E-state index contributed by atoms with van der Waals surface area (Å²) < 4.78 is 5.72. The fourth-order valence-electron chi connectivity index (χ4n) is 2.52. The number of rotatable bonds is 2. The Bertz CT molecular complexity index is 148. The Hall–Kier alpha value is 1.15. The van der Waals surface area contributed by atoms with Crippen LogP contribution in [0.25, 0.3) is 0 Å². The van der Waals surface area contributed by atoms with E-state index < -0.39 is 0 Å². The van der Waals surface area contributed by atoms with E-state index in [2.05, 4.69) is 0 Å². The van der Waals surface area contributed by atoms with Crippen molar-refractivity contribution in [3.8, 4) is 0 Å². The van der Waals surface area contributed by atoms with E-state index in [9.17, 15) is 0 Å². The van der Waals surface area contributed by atoms with E-state index in [4.69, 9.17) is 16.2 Å². The van der Waals surface area contributed by atoms with Gasteiger partial charge in [0.05, 0.1) is 12.2 Å². The van der Waals surface area contributed by atoms with Crippen LogP contribution in [-0.2, 0) is 25.8 Å². The van der Waals surface area contributed by atoms with Crippen molar-refractivity contribution in [1.82, 2.24) is 0 Å². The monoisotopic (exact) mass is 421 g/mol. The molecule has 0 aliphatic carbocycles. The van der Waals surface area contributed by atoms with Gasteiger partial charge in [-0.25, -0.2) is 0 Å². The van der Waals surface area contributed by atoms with Crippen LogP contribution in [0.4, 0.5) is 0 Å². The first kappa shape index (κ1) is 17.5. The van der Waals surface area contributed by atoms with Gasteiger partial charge in [-0.05, 0) is 25.9 Å². The Morgan fingerprint density at radius 1 is 0.929 bits per heavy atom. The van der Waals surface area contributed by atoms with Gasteiger partial charge in [0.2, 0.25) is 0 Å². The summed E-state index contributed by atoms with van der Waals surface area (Å²) in [4.78, 5) is 0. The van der Waals surface area contributed by atoms with E-state index in [1.54, 1.807) is 0 Å². The van der Waals surface area contributed by atoms with Gasteiger partial charge in [0.1, 0.15) is 0 Å². The molecule has 2 fully saturated rings. The van der Waals surface area contributed by atoms with Gasteiger partial charge in [0.15, 0.2) is 0 Å². The second kappa shape index (κ2) is 7.43. The van der Waals surface area contributed by atoms with Crippen molar-refractivity contribution in [2.45, 2.75) is 25.0 Å². The van der Waals surface area contributed by atoms with E-state index in [-0.39, 0.29) is 45.9 Å². The fourth-order valence-corrected chi connectivity index (χ4v) is 2.52. The maximum absolute atomic E-state index is 5.72. The molecule has 0 aromatic heterocycles. The predicted octanol–water partition coefficient (Wildman–Crippen LogP) is -6.30. The normalized spacial score (nSPS) is 38.1. The molecule has 88 valence electrons. The number of hydrogen-bond donors (Lipinski definition) is 2. The molecule has 0 amide bonds. The van der Waals surface area contributed by atoms with Gasteiger partial charge in [0.25, 0.3) is 0 Å². The average molecular weight is 422 g/mol. The van der Waals surface area contributed by atoms with Gasteiger partial charge < -0.3 is 41.0 Å². The molecule has 2 heterocycles. The van der Waals surface area contributed by atoms with E-state index in [1.165, 1.54) is 12.8 Å². The minimum absolute atomic E-state index is 0. The minimum atomic E-state index is 0. The number of halogens is 2. The number of hydrogen-bond acceptors (Lipinski definition) is 3. The second-order valence-corrected chi connectivity index (χ2v) is 3.59. The molecule has 0 saturated carbocycles. The van der Waals surface area contributed by atoms with Crippen molar-refractivity contribution < 1.29 is 50.6 Å². The standard InChI is InChI=1S/C8H16N2O.2ClH.Pt/c9-3-5-6(4-10)8-2-1-7(5)11-8;;;/h5-8H,1-4,9-10H2;2*1H;/q;;;+2/p-2. The third kappa shape index (κ3) is 2.84. The molecular formula is C8H16Cl2N2OPt. The van der Waals surface area contributed by atoms with Gasteiger partial charge >= 0.3 is 21.1 Å². The van der Waals surface area contributed by atoms with E-state index in [0.29, 0.717) is 24.0 Å². The van der Waals surface area contributed by atoms with Crippen LogP contribution in [0.3, 0.4) is 0 Å². The van der Waals surface area contributed by atoms with Crippen molar-refractivity contribution in [3.05, 3.63) is 0 Å². The van der Waals surface area contributed by atoms with Crippen LogP contribution >= 0.6 is 0 Å². The molecule has 2 rings (SSSR count). The molecule has 2 aliphatic heterocycles. The van der Waals surface area contributed by atoms with Gasteiger partial charge in [-0.2, -0.15) is 0 Å². The zero-order chi connectivity index (χ0) is 7.84. The maximum atomic E-state index is 5.72. The third-order valence-corrected chi connectivity index (χ3v) is 3.13. The first-order valence-corrected chi connectivity index (χ1v) is 4.42. The predicted molar refractivity (Wildman–Crippen MR) is 43.0 cm³/mol. The van der Waals surface area contributed by atoms with Gasteiger partial charge in [-0.1, -0.05) is 0 Å². The summed E-state index contributed by atoms with van der Waals surface area (Å²) in [7, 11) is 0. The topological polar surface area (TPSA) is 61.3 Å². The fraction of sp³-hybridized carbons (Fsp3) is 1.00. The van der Waals surface area contributed by atoms with Crippen LogP contribution in [0.5, 0.6) is 0 Å². The molecule has 0 spiro atoms. The summed E-state index contributed by atoms with van der Waals surface area (Å²) in [6.07, 6.45) is 3.25. The van der Waals surface area contributed by atoms with Crippen LogP contribution in [0.2, 0.25) is 0 Å². The smallest absolute Gasteiger partial charge is 1.00 e. The zero-order valence-electron chi connectivity index (χ0n) is 7.77. The zero-order valence-corrected chi connectivity index (χ0v) is 11.6. The van der Waals surface area contributed by atoms with Gasteiger partial charge in [-0.15, -0.1) is 0 Å². The van der Waals surface area contributed by atoms with Crippen LogP contribution in [-0.4, -0.2) is 25.3 Å². The van der Waals surface area contributed by atoms with Crippen LogP contribution < -0.4 is 36.3 Å². The number of ether oxygens (including phenoxy) is 1. The SMILES string of the molecule is NCC1C2CCC(O2)C1CN.[Cl-].[Cl-].[Pt+2]. The molecule has 14 heavy (non-hydrogen) atoms.